The number of halogens is 2. The van der Waals surface area contributed by atoms with Gasteiger partial charge < -0.3 is 9.84 Å². The highest BCUT2D eigenvalue weighted by Gasteiger charge is 2.41. The zero-order chi connectivity index (χ0) is 15.0. The molecule has 0 saturated carbocycles. The summed E-state index contributed by atoms with van der Waals surface area (Å²) in [5, 5.41) is 11.6. The molecule has 3 saturated heterocycles. The van der Waals surface area contributed by atoms with E-state index < -0.39 is 0 Å². The second-order valence-electron chi connectivity index (χ2n) is 5.96. The predicted molar refractivity (Wildman–Crippen MR) is 85.4 cm³/mol. The lowest BCUT2D eigenvalue weighted by Crippen LogP contribution is -2.58. The second kappa shape index (κ2) is 6.33. The maximum Gasteiger partial charge on any atom is 0.156 e. The molecular formula is C16H21Cl2NO2. The number of aliphatic hydroxyl groups is 1. The van der Waals surface area contributed by atoms with Gasteiger partial charge in [0.2, 0.25) is 0 Å². The molecule has 1 aromatic carbocycles. The summed E-state index contributed by atoms with van der Waals surface area (Å²) in [6.07, 6.45) is 2.77. The Balaban J connectivity index is 1.79. The molecule has 116 valence electrons. The average Bonchev–Trinajstić information content (AvgIpc) is 2.47. The van der Waals surface area contributed by atoms with E-state index in [-0.39, 0.29) is 12.1 Å². The van der Waals surface area contributed by atoms with Gasteiger partial charge in [0.1, 0.15) is 0 Å². The topological polar surface area (TPSA) is 32.7 Å². The lowest BCUT2D eigenvalue weighted by atomic mass is 9.78. The highest BCUT2D eigenvalue weighted by Crippen LogP contribution is 2.37. The van der Waals surface area contributed by atoms with Crippen LogP contribution in [-0.2, 0) is 6.42 Å². The molecule has 0 spiro atoms. The van der Waals surface area contributed by atoms with E-state index in [2.05, 4.69) is 4.90 Å². The average molecular weight is 330 g/mol. The van der Waals surface area contributed by atoms with E-state index in [1.54, 1.807) is 0 Å². The van der Waals surface area contributed by atoms with E-state index in [0.29, 0.717) is 28.3 Å². The number of hydrogen-bond donors (Lipinski definition) is 1. The van der Waals surface area contributed by atoms with Gasteiger partial charge in [-0.3, -0.25) is 4.90 Å². The number of ether oxygens (including phenoxy) is 1. The quantitative estimate of drug-likeness (QED) is 0.919. The van der Waals surface area contributed by atoms with Crippen LogP contribution in [0.5, 0.6) is 5.75 Å². The third-order valence-corrected chi connectivity index (χ3v) is 5.27. The third-order valence-electron chi connectivity index (χ3n) is 4.71. The van der Waals surface area contributed by atoms with Gasteiger partial charge in [0.15, 0.2) is 5.75 Å². The Hall–Kier alpha value is -0.480. The molecule has 0 radical (unpaired) electrons. The molecule has 2 atom stereocenters. The van der Waals surface area contributed by atoms with Crippen molar-refractivity contribution in [2.75, 3.05) is 19.7 Å². The number of aliphatic hydroxyl groups excluding tert-OH is 1. The van der Waals surface area contributed by atoms with Gasteiger partial charge in [-0.05, 0) is 62.9 Å². The van der Waals surface area contributed by atoms with Crippen LogP contribution < -0.4 is 4.74 Å². The van der Waals surface area contributed by atoms with E-state index >= 15 is 0 Å². The standard InChI is InChI=1S/C16H21Cl2NO2/c1-2-21-16-12(17)7-10(8-13(16)18)9-14-15(20)11-3-5-19(14)6-4-11/h7-8,11,14-15,20H,2-6,9H2,1H3. The Morgan fingerprint density at radius 3 is 2.38 bits per heavy atom. The normalized spacial score (nSPS) is 31.4. The van der Waals surface area contributed by atoms with Crippen molar-refractivity contribution in [2.45, 2.75) is 38.3 Å². The summed E-state index contributed by atoms with van der Waals surface area (Å²) in [4.78, 5) is 2.39. The van der Waals surface area contributed by atoms with E-state index in [9.17, 15) is 5.11 Å². The van der Waals surface area contributed by atoms with Gasteiger partial charge in [0.25, 0.3) is 0 Å². The van der Waals surface area contributed by atoms with Crippen LogP contribution in [0.2, 0.25) is 10.0 Å². The van der Waals surface area contributed by atoms with Crippen molar-refractivity contribution in [3.63, 3.8) is 0 Å². The molecule has 3 aliphatic rings. The van der Waals surface area contributed by atoms with E-state index in [1.807, 2.05) is 19.1 Å². The summed E-state index contributed by atoms with van der Waals surface area (Å²) in [7, 11) is 0. The molecule has 0 aromatic heterocycles. The van der Waals surface area contributed by atoms with Crippen LogP contribution in [0.4, 0.5) is 0 Å². The number of nitrogens with zero attached hydrogens (tertiary/aromatic N) is 1. The van der Waals surface area contributed by atoms with Crippen LogP contribution in [0.1, 0.15) is 25.3 Å². The first kappa shape index (κ1) is 15.4. The summed E-state index contributed by atoms with van der Waals surface area (Å²) < 4.78 is 5.46. The molecule has 4 rings (SSSR count). The minimum atomic E-state index is -0.239. The molecule has 1 N–H and O–H groups in total. The van der Waals surface area contributed by atoms with Crippen molar-refractivity contribution >= 4 is 23.2 Å². The number of rotatable bonds is 4. The zero-order valence-electron chi connectivity index (χ0n) is 12.2. The molecule has 5 heteroatoms. The highest BCUT2D eigenvalue weighted by molar-refractivity contribution is 6.37. The van der Waals surface area contributed by atoms with Crippen molar-refractivity contribution in [1.82, 2.24) is 4.90 Å². The largest absolute Gasteiger partial charge is 0.491 e. The zero-order valence-corrected chi connectivity index (χ0v) is 13.7. The Morgan fingerprint density at radius 2 is 1.86 bits per heavy atom. The van der Waals surface area contributed by atoms with Gasteiger partial charge in [-0.2, -0.15) is 0 Å². The maximum absolute atomic E-state index is 10.5. The van der Waals surface area contributed by atoms with Crippen LogP contribution >= 0.6 is 23.2 Å². The minimum absolute atomic E-state index is 0.183. The molecule has 3 nitrogen and oxygen atoms in total. The molecule has 3 heterocycles. The summed E-state index contributed by atoms with van der Waals surface area (Å²) in [6, 6.07) is 4.01. The van der Waals surface area contributed by atoms with Crippen molar-refractivity contribution in [3.05, 3.63) is 27.7 Å². The Bertz CT molecular complexity index is 490. The summed E-state index contributed by atoms with van der Waals surface area (Å²) in [6.45, 7) is 4.62. The Morgan fingerprint density at radius 1 is 1.24 bits per heavy atom. The number of hydrogen-bond acceptors (Lipinski definition) is 3. The van der Waals surface area contributed by atoms with E-state index in [0.717, 1.165) is 37.9 Å². The summed E-state index contributed by atoms with van der Waals surface area (Å²) in [5.41, 5.74) is 1.06. The van der Waals surface area contributed by atoms with Crippen LogP contribution in [0, 0.1) is 5.92 Å². The fourth-order valence-corrected chi connectivity index (χ4v) is 4.27. The fourth-order valence-electron chi connectivity index (χ4n) is 3.63. The van der Waals surface area contributed by atoms with Crippen LogP contribution in [0.25, 0.3) is 0 Å². The van der Waals surface area contributed by atoms with E-state index in [4.69, 9.17) is 27.9 Å². The first-order valence-electron chi connectivity index (χ1n) is 7.63. The molecule has 2 unspecified atom stereocenters. The predicted octanol–water partition coefficient (Wildman–Crippen LogP) is 3.39. The van der Waals surface area contributed by atoms with Crippen molar-refractivity contribution in [3.8, 4) is 5.75 Å². The van der Waals surface area contributed by atoms with Gasteiger partial charge in [-0.15, -0.1) is 0 Å². The fraction of sp³-hybridized carbons (Fsp3) is 0.625. The number of piperidine rings is 3. The third kappa shape index (κ3) is 3.02. The van der Waals surface area contributed by atoms with Crippen molar-refractivity contribution in [2.24, 2.45) is 5.92 Å². The molecule has 1 aromatic rings. The minimum Gasteiger partial charge on any atom is -0.491 e. The van der Waals surface area contributed by atoms with Crippen LogP contribution in [0.3, 0.4) is 0 Å². The first-order valence-corrected chi connectivity index (χ1v) is 8.38. The number of fused-ring (bicyclic) bond motifs is 3. The second-order valence-corrected chi connectivity index (χ2v) is 6.77. The summed E-state index contributed by atoms with van der Waals surface area (Å²) in [5.74, 6) is 1.00. The summed E-state index contributed by atoms with van der Waals surface area (Å²) >= 11 is 12.5. The van der Waals surface area contributed by atoms with Gasteiger partial charge in [-0.25, -0.2) is 0 Å². The molecule has 2 bridgehead atoms. The number of benzene rings is 1. The molecule has 0 amide bonds. The van der Waals surface area contributed by atoms with Gasteiger partial charge in [-0.1, -0.05) is 23.2 Å². The molecule has 3 fully saturated rings. The van der Waals surface area contributed by atoms with Crippen molar-refractivity contribution < 1.29 is 9.84 Å². The van der Waals surface area contributed by atoms with Gasteiger partial charge in [0, 0.05) is 6.04 Å². The molecular weight excluding hydrogens is 309 g/mol. The molecule has 3 aliphatic heterocycles. The molecule has 0 aliphatic carbocycles. The highest BCUT2D eigenvalue weighted by atomic mass is 35.5. The Labute approximate surface area is 135 Å². The maximum atomic E-state index is 10.5. The Kier molecular flexibility index (Phi) is 4.65. The van der Waals surface area contributed by atoms with Crippen molar-refractivity contribution in [1.29, 1.82) is 0 Å². The van der Waals surface area contributed by atoms with Gasteiger partial charge >= 0.3 is 0 Å². The monoisotopic (exact) mass is 329 g/mol. The first-order chi connectivity index (χ1) is 10.1. The van der Waals surface area contributed by atoms with E-state index in [1.165, 1.54) is 0 Å². The van der Waals surface area contributed by atoms with Crippen LogP contribution in [0.15, 0.2) is 12.1 Å². The smallest absolute Gasteiger partial charge is 0.156 e. The van der Waals surface area contributed by atoms with Crippen LogP contribution in [-0.4, -0.2) is 41.8 Å². The lowest BCUT2D eigenvalue weighted by molar-refractivity contribution is -0.0715. The lowest BCUT2D eigenvalue weighted by Gasteiger charge is -2.49. The van der Waals surface area contributed by atoms with Gasteiger partial charge in [0.05, 0.1) is 22.8 Å². The molecule has 21 heavy (non-hydrogen) atoms. The SMILES string of the molecule is CCOc1c(Cl)cc(CC2C(O)C3CCN2CC3)cc1Cl.